The van der Waals surface area contributed by atoms with Crippen LogP contribution in [0.25, 0.3) is 11.0 Å². The van der Waals surface area contributed by atoms with Crippen LogP contribution in [0.5, 0.6) is 0 Å². The van der Waals surface area contributed by atoms with Crippen LogP contribution in [0.4, 0.5) is 0 Å². The number of hydrogen-bond acceptors (Lipinski definition) is 4. The number of benzene rings is 2. The van der Waals surface area contributed by atoms with Crippen LogP contribution in [-0.2, 0) is 16.4 Å². The molecule has 4 rings (SSSR count). The van der Waals surface area contributed by atoms with Gasteiger partial charge in [-0.05, 0) is 55.0 Å². The number of amides is 1. The summed E-state index contributed by atoms with van der Waals surface area (Å²) in [6, 6.07) is 16.7. The van der Waals surface area contributed by atoms with Crippen LogP contribution < -0.4 is 0 Å². The fourth-order valence-electron chi connectivity index (χ4n) is 3.94. The molecule has 6 nitrogen and oxygen atoms in total. The lowest BCUT2D eigenvalue weighted by molar-refractivity contribution is 0.0661. The number of carbonyl (C=O) groups is 1. The van der Waals surface area contributed by atoms with E-state index in [4.69, 9.17) is 4.42 Å². The molecule has 0 radical (unpaired) electrons. The van der Waals surface area contributed by atoms with Gasteiger partial charge in [0.1, 0.15) is 5.58 Å². The maximum atomic E-state index is 12.9. The van der Waals surface area contributed by atoms with Crippen LogP contribution in [0.3, 0.4) is 0 Å². The number of fused-ring (bicyclic) bond motifs is 1. The van der Waals surface area contributed by atoms with Gasteiger partial charge in [-0.3, -0.25) is 4.79 Å². The number of rotatable bonds is 5. The normalized spacial score (nSPS) is 15.8. The second-order valence-electron chi connectivity index (χ2n) is 8.02. The molecule has 1 aliphatic rings. The van der Waals surface area contributed by atoms with Crippen molar-refractivity contribution in [1.29, 1.82) is 0 Å². The summed E-state index contributed by atoms with van der Waals surface area (Å²) in [4.78, 5) is 14.9. The molecule has 1 aromatic heterocycles. The molecule has 2 heterocycles. The van der Waals surface area contributed by atoms with Crippen molar-refractivity contribution in [2.45, 2.75) is 24.2 Å². The molecule has 1 aliphatic heterocycles. The first-order valence-corrected chi connectivity index (χ1v) is 11.6. The van der Waals surface area contributed by atoms with Gasteiger partial charge in [0.2, 0.25) is 10.0 Å². The van der Waals surface area contributed by atoms with Gasteiger partial charge in [0.25, 0.3) is 5.91 Å². The van der Waals surface area contributed by atoms with Crippen molar-refractivity contribution in [2.24, 2.45) is 5.92 Å². The van der Waals surface area contributed by atoms with Crippen LogP contribution in [-0.4, -0.2) is 50.7 Å². The minimum Gasteiger partial charge on any atom is -0.451 e. The maximum absolute atomic E-state index is 12.9. The van der Waals surface area contributed by atoms with Crippen molar-refractivity contribution in [1.82, 2.24) is 9.21 Å². The Morgan fingerprint density at radius 3 is 2.43 bits per heavy atom. The van der Waals surface area contributed by atoms with Gasteiger partial charge in [0, 0.05) is 32.6 Å². The highest BCUT2D eigenvalue weighted by molar-refractivity contribution is 7.89. The van der Waals surface area contributed by atoms with Crippen molar-refractivity contribution in [2.75, 3.05) is 27.2 Å². The van der Waals surface area contributed by atoms with Crippen molar-refractivity contribution < 1.29 is 17.6 Å². The van der Waals surface area contributed by atoms with Crippen LogP contribution >= 0.6 is 0 Å². The van der Waals surface area contributed by atoms with E-state index < -0.39 is 10.0 Å². The summed E-state index contributed by atoms with van der Waals surface area (Å²) >= 11 is 0. The second-order valence-corrected chi connectivity index (χ2v) is 10.2. The van der Waals surface area contributed by atoms with E-state index in [9.17, 15) is 13.2 Å². The standard InChI is InChI=1S/C23H26N2O4S/c1-24(2)30(27,28)20-8-9-21-19(15-20)16-22(29-21)23(26)25-12-10-18(11-13-25)14-17-6-4-3-5-7-17/h3-9,15-16,18H,10-14H2,1-2H3. The summed E-state index contributed by atoms with van der Waals surface area (Å²) in [7, 11) is -0.553. The second kappa shape index (κ2) is 8.24. The monoisotopic (exact) mass is 426 g/mol. The Morgan fingerprint density at radius 2 is 1.77 bits per heavy atom. The van der Waals surface area contributed by atoms with E-state index in [0.29, 0.717) is 30.0 Å². The molecule has 1 amide bonds. The number of carbonyl (C=O) groups excluding carboxylic acids is 1. The van der Waals surface area contributed by atoms with E-state index in [1.807, 2.05) is 11.0 Å². The number of furan rings is 1. The summed E-state index contributed by atoms with van der Waals surface area (Å²) in [6.07, 6.45) is 2.97. The third kappa shape index (κ3) is 4.13. The first-order valence-electron chi connectivity index (χ1n) is 10.1. The molecular formula is C23H26N2O4S. The molecule has 0 atom stereocenters. The Labute approximate surface area is 177 Å². The van der Waals surface area contributed by atoms with E-state index in [1.54, 1.807) is 18.2 Å². The molecular weight excluding hydrogens is 400 g/mol. The highest BCUT2D eigenvalue weighted by atomic mass is 32.2. The van der Waals surface area contributed by atoms with E-state index >= 15 is 0 Å². The molecule has 0 saturated carbocycles. The topological polar surface area (TPSA) is 70.8 Å². The third-order valence-corrected chi connectivity index (χ3v) is 7.56. The third-order valence-electron chi connectivity index (χ3n) is 5.75. The van der Waals surface area contributed by atoms with Gasteiger partial charge in [0.05, 0.1) is 4.90 Å². The smallest absolute Gasteiger partial charge is 0.289 e. The summed E-state index contributed by atoms with van der Waals surface area (Å²) in [6.45, 7) is 1.40. The minimum absolute atomic E-state index is 0.138. The highest BCUT2D eigenvalue weighted by Gasteiger charge is 2.26. The summed E-state index contributed by atoms with van der Waals surface area (Å²) in [5.41, 5.74) is 1.85. The Bertz CT molecular complexity index is 1140. The predicted octanol–water partition coefficient (Wildman–Crippen LogP) is 3.78. The fourth-order valence-corrected chi connectivity index (χ4v) is 4.88. The van der Waals surface area contributed by atoms with E-state index in [0.717, 1.165) is 19.3 Å². The zero-order chi connectivity index (χ0) is 21.3. The molecule has 0 unspecified atom stereocenters. The van der Waals surface area contributed by atoms with Gasteiger partial charge in [0.15, 0.2) is 5.76 Å². The number of nitrogens with zero attached hydrogens (tertiary/aromatic N) is 2. The average Bonchev–Trinajstić information content (AvgIpc) is 3.18. The zero-order valence-electron chi connectivity index (χ0n) is 17.2. The molecule has 0 aliphatic carbocycles. The molecule has 1 saturated heterocycles. The number of likely N-dealkylation sites (tertiary alicyclic amines) is 1. The van der Waals surface area contributed by atoms with Crippen LogP contribution in [0.1, 0.15) is 29.0 Å². The average molecular weight is 427 g/mol. The molecule has 0 spiro atoms. The van der Waals surface area contributed by atoms with E-state index in [-0.39, 0.29) is 16.6 Å². The van der Waals surface area contributed by atoms with Crippen LogP contribution in [0.2, 0.25) is 0 Å². The molecule has 7 heteroatoms. The number of sulfonamides is 1. The largest absolute Gasteiger partial charge is 0.451 e. The first kappa shape index (κ1) is 20.6. The van der Waals surface area contributed by atoms with Crippen molar-refractivity contribution in [3.05, 3.63) is 65.9 Å². The lowest BCUT2D eigenvalue weighted by Crippen LogP contribution is -2.38. The Kier molecular flexibility index (Phi) is 5.66. The molecule has 2 aromatic carbocycles. The molecule has 0 bridgehead atoms. The first-order chi connectivity index (χ1) is 14.3. The van der Waals surface area contributed by atoms with Gasteiger partial charge in [-0.2, -0.15) is 0 Å². The summed E-state index contributed by atoms with van der Waals surface area (Å²) < 4.78 is 31.6. The lowest BCUT2D eigenvalue weighted by atomic mass is 9.90. The molecule has 158 valence electrons. The number of piperidine rings is 1. The molecule has 1 fully saturated rings. The number of hydrogen-bond donors (Lipinski definition) is 0. The molecule has 0 N–H and O–H groups in total. The minimum atomic E-state index is -3.54. The zero-order valence-corrected chi connectivity index (χ0v) is 18.1. The van der Waals surface area contributed by atoms with Gasteiger partial charge >= 0.3 is 0 Å². The quantitative estimate of drug-likeness (QED) is 0.623. The van der Waals surface area contributed by atoms with Gasteiger partial charge in [-0.25, -0.2) is 12.7 Å². The van der Waals surface area contributed by atoms with Gasteiger partial charge in [-0.1, -0.05) is 30.3 Å². The van der Waals surface area contributed by atoms with Crippen LogP contribution in [0, 0.1) is 5.92 Å². The fraction of sp³-hybridized carbons (Fsp3) is 0.348. The Balaban J connectivity index is 1.45. The summed E-state index contributed by atoms with van der Waals surface area (Å²) in [5, 5.41) is 0.611. The van der Waals surface area contributed by atoms with E-state index in [2.05, 4.69) is 24.3 Å². The lowest BCUT2D eigenvalue weighted by Gasteiger charge is -2.31. The molecule has 3 aromatic rings. The van der Waals surface area contributed by atoms with Crippen LogP contribution in [0.15, 0.2) is 63.9 Å². The van der Waals surface area contributed by atoms with Gasteiger partial charge in [-0.15, -0.1) is 0 Å². The maximum Gasteiger partial charge on any atom is 0.289 e. The van der Waals surface area contributed by atoms with E-state index in [1.165, 1.54) is 30.0 Å². The van der Waals surface area contributed by atoms with Crippen molar-refractivity contribution >= 4 is 26.9 Å². The van der Waals surface area contributed by atoms with Crippen molar-refractivity contribution in [3.63, 3.8) is 0 Å². The van der Waals surface area contributed by atoms with Gasteiger partial charge < -0.3 is 9.32 Å². The highest BCUT2D eigenvalue weighted by Crippen LogP contribution is 2.27. The Hall–Kier alpha value is -2.64. The SMILES string of the molecule is CN(C)S(=O)(=O)c1ccc2oc(C(=O)N3CCC(Cc4ccccc4)CC3)cc2c1. The van der Waals surface area contributed by atoms with Crippen molar-refractivity contribution in [3.8, 4) is 0 Å². The Morgan fingerprint density at radius 1 is 1.07 bits per heavy atom. The molecule has 30 heavy (non-hydrogen) atoms. The summed E-state index contributed by atoms with van der Waals surface area (Å²) in [5.74, 6) is 0.693. The predicted molar refractivity (Wildman–Crippen MR) is 116 cm³/mol.